The minimum absolute atomic E-state index is 0.0545. The molecule has 0 aliphatic carbocycles. The van der Waals surface area contributed by atoms with E-state index in [2.05, 4.69) is 13.8 Å². The summed E-state index contributed by atoms with van der Waals surface area (Å²) in [5.74, 6) is 0.532. The van der Waals surface area contributed by atoms with Crippen molar-refractivity contribution in [1.29, 1.82) is 0 Å². The van der Waals surface area contributed by atoms with Crippen LogP contribution in [0.15, 0.2) is 0 Å². The highest BCUT2D eigenvalue weighted by Crippen LogP contribution is 2.28. The summed E-state index contributed by atoms with van der Waals surface area (Å²) in [4.78, 5) is 16.9. The molecule has 0 amide bonds. The van der Waals surface area contributed by atoms with Crippen LogP contribution in [0.2, 0.25) is 0 Å². The van der Waals surface area contributed by atoms with E-state index in [1.54, 1.807) is 0 Å². The Morgan fingerprint density at radius 2 is 1.80 bits per heavy atom. The van der Waals surface area contributed by atoms with Crippen LogP contribution in [0.25, 0.3) is 0 Å². The molecule has 0 spiro atoms. The Balaban J connectivity index is 3.34. The molecule has 1 atom stereocenters. The second-order valence-electron chi connectivity index (χ2n) is 2.80. The SMILES string of the molecule is CC(C)CC(C)OP(O)O. The molecule has 0 bridgehead atoms. The summed E-state index contributed by atoms with van der Waals surface area (Å²) in [5, 5.41) is 0. The van der Waals surface area contributed by atoms with Gasteiger partial charge in [0.25, 0.3) is 0 Å². The third-order valence-electron chi connectivity index (χ3n) is 1.08. The molecule has 0 aliphatic rings. The molecule has 62 valence electrons. The van der Waals surface area contributed by atoms with Gasteiger partial charge in [-0.2, -0.15) is 0 Å². The summed E-state index contributed by atoms with van der Waals surface area (Å²) in [5.41, 5.74) is 0. The van der Waals surface area contributed by atoms with E-state index in [0.717, 1.165) is 6.42 Å². The van der Waals surface area contributed by atoms with Crippen LogP contribution in [0.4, 0.5) is 0 Å². The van der Waals surface area contributed by atoms with Crippen molar-refractivity contribution in [3.05, 3.63) is 0 Å². The molecule has 2 N–H and O–H groups in total. The summed E-state index contributed by atoms with van der Waals surface area (Å²) in [6.07, 6.45) is 0.807. The minimum atomic E-state index is -2.17. The summed E-state index contributed by atoms with van der Waals surface area (Å²) in [6.45, 7) is 5.97. The van der Waals surface area contributed by atoms with Gasteiger partial charge in [0.05, 0.1) is 6.10 Å². The molecule has 0 fully saturated rings. The van der Waals surface area contributed by atoms with Gasteiger partial charge in [0.2, 0.25) is 0 Å². The fourth-order valence-corrected chi connectivity index (χ4v) is 1.28. The van der Waals surface area contributed by atoms with Gasteiger partial charge in [0.15, 0.2) is 0 Å². The van der Waals surface area contributed by atoms with Crippen LogP contribution in [0.3, 0.4) is 0 Å². The maximum absolute atomic E-state index is 8.43. The maximum Gasteiger partial charge on any atom is 0.327 e. The highest BCUT2D eigenvalue weighted by molar-refractivity contribution is 7.39. The Kier molecular flexibility index (Phi) is 5.18. The summed E-state index contributed by atoms with van der Waals surface area (Å²) < 4.78 is 4.74. The van der Waals surface area contributed by atoms with E-state index in [1.807, 2.05) is 6.92 Å². The van der Waals surface area contributed by atoms with Gasteiger partial charge >= 0.3 is 8.60 Å². The molecule has 0 radical (unpaired) electrons. The fraction of sp³-hybridized carbons (Fsp3) is 1.00. The van der Waals surface area contributed by atoms with Crippen LogP contribution in [0.5, 0.6) is 0 Å². The average Bonchev–Trinajstić information content (AvgIpc) is 1.58. The lowest BCUT2D eigenvalue weighted by atomic mass is 10.1. The normalized spacial score (nSPS) is 14.7. The van der Waals surface area contributed by atoms with Crippen molar-refractivity contribution in [1.82, 2.24) is 0 Å². The molecule has 0 aromatic rings. The quantitative estimate of drug-likeness (QED) is 0.624. The monoisotopic (exact) mass is 166 g/mol. The summed E-state index contributed by atoms with van der Waals surface area (Å²) in [7, 11) is -2.17. The number of hydrogen-bond acceptors (Lipinski definition) is 3. The first-order valence-electron chi connectivity index (χ1n) is 3.37. The van der Waals surface area contributed by atoms with E-state index in [0.29, 0.717) is 5.92 Å². The van der Waals surface area contributed by atoms with Gasteiger partial charge < -0.3 is 14.3 Å². The van der Waals surface area contributed by atoms with Crippen molar-refractivity contribution in [2.24, 2.45) is 5.92 Å². The second-order valence-corrected chi connectivity index (χ2v) is 3.51. The fourth-order valence-electron chi connectivity index (χ4n) is 0.868. The lowest BCUT2D eigenvalue weighted by Crippen LogP contribution is -2.07. The Morgan fingerprint density at radius 3 is 2.10 bits per heavy atom. The Morgan fingerprint density at radius 1 is 1.30 bits per heavy atom. The van der Waals surface area contributed by atoms with Crippen molar-refractivity contribution < 1.29 is 14.3 Å². The molecule has 0 heterocycles. The van der Waals surface area contributed by atoms with Crippen molar-refractivity contribution in [3.8, 4) is 0 Å². The number of rotatable bonds is 4. The second kappa shape index (κ2) is 5.03. The summed E-state index contributed by atoms with van der Waals surface area (Å²) in [6, 6.07) is 0. The van der Waals surface area contributed by atoms with E-state index in [-0.39, 0.29) is 6.10 Å². The lowest BCUT2D eigenvalue weighted by Gasteiger charge is -2.14. The highest BCUT2D eigenvalue weighted by atomic mass is 31.2. The van der Waals surface area contributed by atoms with Gasteiger partial charge in [-0.05, 0) is 19.3 Å². The molecule has 0 rings (SSSR count). The van der Waals surface area contributed by atoms with Gasteiger partial charge in [-0.25, -0.2) is 0 Å². The van der Waals surface area contributed by atoms with E-state index in [9.17, 15) is 0 Å². The lowest BCUT2D eigenvalue weighted by molar-refractivity contribution is 0.165. The van der Waals surface area contributed by atoms with Crippen molar-refractivity contribution in [2.45, 2.75) is 33.3 Å². The largest absolute Gasteiger partial charge is 0.328 e. The molecule has 4 heteroatoms. The Labute approximate surface area is 63.0 Å². The smallest absolute Gasteiger partial charge is 0.327 e. The molecule has 1 unspecified atom stereocenters. The standard InChI is InChI=1S/C6H15O3P/c1-5(2)4-6(3)9-10(7)8/h5-8H,4H2,1-3H3. The summed E-state index contributed by atoms with van der Waals surface area (Å²) >= 11 is 0. The first-order chi connectivity index (χ1) is 4.52. The molecule has 0 saturated carbocycles. The maximum atomic E-state index is 8.43. The zero-order valence-corrected chi connectivity index (χ0v) is 7.51. The minimum Gasteiger partial charge on any atom is -0.328 e. The van der Waals surface area contributed by atoms with Crippen LogP contribution >= 0.6 is 8.60 Å². The number of hydrogen-bond donors (Lipinski definition) is 2. The van der Waals surface area contributed by atoms with Crippen molar-refractivity contribution >= 4 is 8.60 Å². The zero-order valence-electron chi connectivity index (χ0n) is 6.61. The topological polar surface area (TPSA) is 49.7 Å². The van der Waals surface area contributed by atoms with Gasteiger partial charge in [-0.1, -0.05) is 13.8 Å². The first kappa shape index (κ1) is 10.3. The predicted octanol–water partition coefficient (Wildman–Crippen LogP) is 1.65. The van der Waals surface area contributed by atoms with Crippen LogP contribution in [-0.2, 0) is 4.52 Å². The predicted molar refractivity (Wildman–Crippen MR) is 41.4 cm³/mol. The first-order valence-corrected chi connectivity index (χ1v) is 4.53. The average molecular weight is 166 g/mol. The van der Waals surface area contributed by atoms with Crippen LogP contribution < -0.4 is 0 Å². The molecular formula is C6H15O3P. The van der Waals surface area contributed by atoms with E-state index < -0.39 is 8.60 Å². The van der Waals surface area contributed by atoms with Gasteiger partial charge in [-0.3, -0.25) is 0 Å². The molecule has 0 aromatic carbocycles. The third kappa shape index (κ3) is 6.43. The molecule has 3 nitrogen and oxygen atoms in total. The van der Waals surface area contributed by atoms with E-state index in [4.69, 9.17) is 14.3 Å². The van der Waals surface area contributed by atoms with Gasteiger partial charge in [-0.15, -0.1) is 0 Å². The molecule has 0 aromatic heterocycles. The third-order valence-corrected chi connectivity index (χ3v) is 1.63. The van der Waals surface area contributed by atoms with E-state index >= 15 is 0 Å². The van der Waals surface area contributed by atoms with Crippen LogP contribution in [0.1, 0.15) is 27.2 Å². The van der Waals surface area contributed by atoms with E-state index in [1.165, 1.54) is 0 Å². The van der Waals surface area contributed by atoms with Crippen LogP contribution in [-0.4, -0.2) is 15.9 Å². The van der Waals surface area contributed by atoms with Crippen LogP contribution in [0, 0.1) is 5.92 Å². The highest BCUT2D eigenvalue weighted by Gasteiger charge is 2.09. The molecule has 0 saturated heterocycles. The van der Waals surface area contributed by atoms with Gasteiger partial charge in [0.1, 0.15) is 0 Å². The molecular weight excluding hydrogens is 151 g/mol. The van der Waals surface area contributed by atoms with Gasteiger partial charge in [0, 0.05) is 0 Å². The Bertz CT molecular complexity index is 75.1. The molecule has 0 aliphatic heterocycles. The molecule has 10 heavy (non-hydrogen) atoms. The zero-order chi connectivity index (χ0) is 8.15. The van der Waals surface area contributed by atoms with Crippen molar-refractivity contribution in [3.63, 3.8) is 0 Å². The van der Waals surface area contributed by atoms with Crippen molar-refractivity contribution in [2.75, 3.05) is 0 Å². The Hall–Kier alpha value is 0.310.